The van der Waals surface area contributed by atoms with Gasteiger partial charge in [-0.1, -0.05) is 0 Å². The largest absolute Gasteiger partial charge is 0.462 e. The van der Waals surface area contributed by atoms with Crippen LogP contribution in [-0.2, 0) is 14.3 Å². The SMILES string of the molecule is CCOC(=O)C(=Cc1c(C)ncnc1C)C(=O)CSC. The van der Waals surface area contributed by atoms with E-state index in [-0.39, 0.29) is 23.7 Å². The van der Waals surface area contributed by atoms with Gasteiger partial charge in [-0.05, 0) is 33.1 Å². The van der Waals surface area contributed by atoms with Gasteiger partial charge in [-0.3, -0.25) is 4.79 Å². The molecule has 0 amide bonds. The van der Waals surface area contributed by atoms with Crippen molar-refractivity contribution in [3.63, 3.8) is 0 Å². The molecular weight excluding hydrogens is 276 g/mol. The average Bonchev–Trinajstić information content (AvgIpc) is 2.38. The lowest BCUT2D eigenvalue weighted by Crippen LogP contribution is -2.17. The summed E-state index contributed by atoms with van der Waals surface area (Å²) in [4.78, 5) is 32.1. The van der Waals surface area contributed by atoms with Crippen LogP contribution in [0.15, 0.2) is 11.9 Å². The summed E-state index contributed by atoms with van der Waals surface area (Å²) in [6.07, 6.45) is 4.79. The number of aryl methyl sites for hydroxylation is 2. The van der Waals surface area contributed by atoms with E-state index in [2.05, 4.69) is 9.97 Å². The molecular formula is C14H18N2O3S. The van der Waals surface area contributed by atoms with Gasteiger partial charge >= 0.3 is 5.97 Å². The van der Waals surface area contributed by atoms with Gasteiger partial charge in [0.15, 0.2) is 5.78 Å². The molecule has 6 heteroatoms. The zero-order valence-electron chi connectivity index (χ0n) is 12.1. The Bertz CT molecular complexity index is 501. The van der Waals surface area contributed by atoms with Crippen molar-refractivity contribution in [1.29, 1.82) is 0 Å². The first-order chi connectivity index (χ1) is 9.51. The van der Waals surface area contributed by atoms with Crippen LogP contribution in [-0.4, -0.2) is 40.3 Å². The van der Waals surface area contributed by atoms with Crippen molar-refractivity contribution in [2.75, 3.05) is 18.6 Å². The highest BCUT2D eigenvalue weighted by atomic mass is 32.2. The van der Waals surface area contributed by atoms with Crippen LogP contribution in [0.2, 0.25) is 0 Å². The average molecular weight is 294 g/mol. The number of rotatable bonds is 6. The molecule has 20 heavy (non-hydrogen) atoms. The van der Waals surface area contributed by atoms with Gasteiger partial charge in [-0.15, -0.1) is 0 Å². The van der Waals surface area contributed by atoms with E-state index in [0.29, 0.717) is 5.56 Å². The fraction of sp³-hybridized carbons (Fsp3) is 0.429. The Balaban J connectivity index is 3.25. The predicted molar refractivity (Wildman–Crippen MR) is 79.5 cm³/mol. The van der Waals surface area contributed by atoms with E-state index in [0.717, 1.165) is 11.4 Å². The fourth-order valence-corrected chi connectivity index (χ4v) is 2.04. The monoisotopic (exact) mass is 294 g/mol. The van der Waals surface area contributed by atoms with Crippen LogP contribution in [0.5, 0.6) is 0 Å². The van der Waals surface area contributed by atoms with Crippen molar-refractivity contribution in [1.82, 2.24) is 9.97 Å². The Morgan fingerprint density at radius 2 is 1.90 bits per heavy atom. The minimum atomic E-state index is -0.603. The topological polar surface area (TPSA) is 69.2 Å². The number of aromatic nitrogens is 2. The van der Waals surface area contributed by atoms with Crippen molar-refractivity contribution in [3.05, 3.63) is 28.9 Å². The van der Waals surface area contributed by atoms with E-state index in [1.807, 2.05) is 20.1 Å². The van der Waals surface area contributed by atoms with Crippen molar-refractivity contribution in [3.8, 4) is 0 Å². The molecule has 5 nitrogen and oxygen atoms in total. The van der Waals surface area contributed by atoms with Gasteiger partial charge in [-0.25, -0.2) is 14.8 Å². The Hall–Kier alpha value is -1.69. The molecule has 1 aromatic rings. The van der Waals surface area contributed by atoms with Crippen LogP contribution >= 0.6 is 11.8 Å². The molecule has 1 heterocycles. The second-order valence-corrected chi connectivity index (χ2v) is 4.96. The molecule has 0 bridgehead atoms. The minimum absolute atomic E-state index is 0.0437. The molecule has 0 unspecified atom stereocenters. The summed E-state index contributed by atoms with van der Waals surface area (Å²) in [5, 5.41) is 0. The first-order valence-corrected chi connectivity index (χ1v) is 7.59. The molecule has 0 saturated carbocycles. The Labute approximate surface area is 122 Å². The highest BCUT2D eigenvalue weighted by Crippen LogP contribution is 2.16. The normalized spacial score (nSPS) is 11.3. The van der Waals surface area contributed by atoms with Crippen LogP contribution in [0, 0.1) is 13.8 Å². The van der Waals surface area contributed by atoms with E-state index in [1.54, 1.807) is 6.92 Å². The van der Waals surface area contributed by atoms with Gasteiger partial charge in [-0.2, -0.15) is 11.8 Å². The molecule has 0 aliphatic heterocycles. The Morgan fingerprint density at radius 1 is 1.30 bits per heavy atom. The second-order valence-electron chi connectivity index (χ2n) is 4.09. The maximum atomic E-state index is 12.1. The maximum absolute atomic E-state index is 12.1. The number of thioether (sulfide) groups is 1. The number of ketones is 1. The third kappa shape index (κ3) is 4.16. The Morgan fingerprint density at radius 3 is 2.40 bits per heavy atom. The minimum Gasteiger partial charge on any atom is -0.462 e. The number of Topliss-reactive ketones (excluding diaryl/α,β-unsaturated/α-hetero) is 1. The molecule has 0 fully saturated rings. The highest BCUT2D eigenvalue weighted by molar-refractivity contribution is 7.99. The van der Waals surface area contributed by atoms with Crippen LogP contribution in [0.25, 0.3) is 6.08 Å². The summed E-state index contributed by atoms with van der Waals surface area (Å²) < 4.78 is 4.95. The first kappa shape index (κ1) is 16.4. The van der Waals surface area contributed by atoms with Gasteiger partial charge in [0.1, 0.15) is 11.9 Å². The van der Waals surface area contributed by atoms with Crippen molar-refractivity contribution < 1.29 is 14.3 Å². The number of carbonyl (C=O) groups is 2. The second kappa shape index (κ2) is 7.79. The lowest BCUT2D eigenvalue weighted by molar-refractivity contribution is -0.139. The van der Waals surface area contributed by atoms with Gasteiger partial charge < -0.3 is 4.74 Å². The quantitative estimate of drug-likeness (QED) is 0.346. The number of hydrogen-bond acceptors (Lipinski definition) is 6. The standard InChI is InChI=1S/C14H18N2O3S/c1-5-19-14(18)12(13(17)7-20-4)6-11-9(2)15-8-16-10(11)3/h6,8H,5,7H2,1-4H3. The predicted octanol–water partition coefficient (Wildman–Crippen LogP) is 1.97. The molecule has 1 rings (SSSR count). The van der Waals surface area contributed by atoms with Crippen LogP contribution in [0.3, 0.4) is 0 Å². The van der Waals surface area contributed by atoms with Crippen molar-refractivity contribution in [2.45, 2.75) is 20.8 Å². The number of carbonyl (C=O) groups excluding carboxylic acids is 2. The van der Waals surface area contributed by atoms with Crippen LogP contribution in [0.1, 0.15) is 23.9 Å². The molecule has 0 spiro atoms. The van der Waals surface area contributed by atoms with Gasteiger partial charge in [0.2, 0.25) is 0 Å². The summed E-state index contributed by atoms with van der Waals surface area (Å²) in [6, 6.07) is 0. The molecule has 0 saturated heterocycles. The lowest BCUT2D eigenvalue weighted by Gasteiger charge is -2.08. The first-order valence-electron chi connectivity index (χ1n) is 6.20. The highest BCUT2D eigenvalue weighted by Gasteiger charge is 2.20. The Kier molecular flexibility index (Phi) is 6.38. The number of esters is 1. The third-order valence-corrected chi connectivity index (χ3v) is 3.19. The summed E-state index contributed by atoms with van der Waals surface area (Å²) >= 11 is 1.36. The van der Waals surface area contributed by atoms with Gasteiger partial charge in [0, 0.05) is 17.0 Å². The van der Waals surface area contributed by atoms with Crippen molar-refractivity contribution in [2.24, 2.45) is 0 Å². The van der Waals surface area contributed by atoms with Crippen LogP contribution < -0.4 is 0 Å². The molecule has 0 aromatic carbocycles. The number of ether oxygens (including phenoxy) is 1. The smallest absolute Gasteiger partial charge is 0.341 e. The third-order valence-electron chi connectivity index (χ3n) is 2.64. The van der Waals surface area contributed by atoms with E-state index < -0.39 is 5.97 Å². The molecule has 0 aliphatic rings. The molecule has 108 valence electrons. The van der Waals surface area contributed by atoms with Crippen LogP contribution in [0.4, 0.5) is 0 Å². The molecule has 0 aliphatic carbocycles. The summed E-state index contributed by atoms with van der Waals surface area (Å²) in [5.41, 5.74) is 2.17. The maximum Gasteiger partial charge on any atom is 0.341 e. The number of nitrogens with zero attached hydrogens (tertiary/aromatic N) is 2. The summed E-state index contributed by atoms with van der Waals surface area (Å²) in [5.74, 6) is -0.621. The molecule has 0 N–H and O–H groups in total. The summed E-state index contributed by atoms with van der Waals surface area (Å²) in [7, 11) is 0. The summed E-state index contributed by atoms with van der Waals surface area (Å²) in [6.45, 7) is 5.55. The molecule has 0 radical (unpaired) electrons. The molecule has 1 aromatic heterocycles. The van der Waals surface area contributed by atoms with E-state index in [4.69, 9.17) is 4.74 Å². The number of hydrogen-bond donors (Lipinski definition) is 0. The van der Waals surface area contributed by atoms with E-state index in [1.165, 1.54) is 24.2 Å². The zero-order valence-corrected chi connectivity index (χ0v) is 12.9. The lowest BCUT2D eigenvalue weighted by atomic mass is 10.1. The zero-order chi connectivity index (χ0) is 15.1. The van der Waals surface area contributed by atoms with E-state index >= 15 is 0 Å². The van der Waals surface area contributed by atoms with E-state index in [9.17, 15) is 9.59 Å². The van der Waals surface area contributed by atoms with Crippen molar-refractivity contribution >= 4 is 29.6 Å². The van der Waals surface area contributed by atoms with Gasteiger partial charge in [0.05, 0.1) is 12.4 Å². The fourth-order valence-electron chi connectivity index (χ4n) is 1.63. The van der Waals surface area contributed by atoms with Gasteiger partial charge in [0.25, 0.3) is 0 Å². The molecule has 0 atom stereocenters.